The number of hydrogen-bond acceptors (Lipinski definition) is 2. The van der Waals surface area contributed by atoms with Gasteiger partial charge in [0, 0.05) is 24.7 Å². The van der Waals surface area contributed by atoms with Crippen molar-refractivity contribution < 1.29 is 4.79 Å². The predicted molar refractivity (Wildman–Crippen MR) is 47.1 cm³/mol. The number of ketones is 1. The van der Waals surface area contributed by atoms with E-state index in [9.17, 15) is 4.79 Å². The average molecular weight is 166 g/mol. The van der Waals surface area contributed by atoms with Gasteiger partial charge in [-0.1, -0.05) is 0 Å². The highest BCUT2D eigenvalue weighted by molar-refractivity contribution is 5.78. The maximum Gasteiger partial charge on any atom is 0.134 e. The maximum atomic E-state index is 10.9. The second-order valence-corrected chi connectivity index (χ2v) is 3.15. The van der Waals surface area contributed by atoms with Crippen LogP contribution in [0.4, 0.5) is 0 Å². The van der Waals surface area contributed by atoms with Gasteiger partial charge in [0.15, 0.2) is 0 Å². The smallest absolute Gasteiger partial charge is 0.134 e. The fourth-order valence-electron chi connectivity index (χ4n) is 1.32. The molecule has 0 bridgehead atoms. The van der Waals surface area contributed by atoms with Crippen molar-refractivity contribution in [2.24, 2.45) is 7.05 Å². The minimum atomic E-state index is 0.189. The number of carbonyl (C=O) groups excluding carboxylic acids is 1. The molecule has 0 amide bonds. The van der Waals surface area contributed by atoms with E-state index in [0.29, 0.717) is 6.42 Å². The molecule has 0 aliphatic carbocycles. The number of hydrogen-bond donors (Lipinski definition) is 0. The minimum absolute atomic E-state index is 0.189. The Bertz CT molecular complexity index is 313. The first kappa shape index (κ1) is 8.97. The molecule has 3 nitrogen and oxygen atoms in total. The molecule has 1 heterocycles. The molecule has 3 heteroatoms. The molecule has 0 saturated heterocycles. The van der Waals surface area contributed by atoms with Gasteiger partial charge in [0.2, 0.25) is 0 Å². The monoisotopic (exact) mass is 166 g/mol. The van der Waals surface area contributed by atoms with Crippen LogP contribution in [0.2, 0.25) is 0 Å². The number of Topliss-reactive ketones (excluding diaryl/α,β-unsaturated/α-hetero) is 1. The SMILES string of the molecule is CC(=O)Cc1c(C)nn(C)c1C. The van der Waals surface area contributed by atoms with Crippen LogP contribution < -0.4 is 0 Å². The first-order chi connectivity index (χ1) is 5.52. The van der Waals surface area contributed by atoms with E-state index in [1.807, 2.05) is 25.6 Å². The van der Waals surface area contributed by atoms with Crippen LogP contribution in [0.3, 0.4) is 0 Å². The Labute approximate surface area is 72.4 Å². The van der Waals surface area contributed by atoms with Crippen molar-refractivity contribution in [2.45, 2.75) is 27.2 Å². The molecule has 0 unspecified atom stereocenters. The third-order valence-corrected chi connectivity index (χ3v) is 2.08. The van der Waals surface area contributed by atoms with E-state index < -0.39 is 0 Å². The van der Waals surface area contributed by atoms with E-state index >= 15 is 0 Å². The first-order valence-corrected chi connectivity index (χ1v) is 4.01. The average Bonchev–Trinajstić information content (AvgIpc) is 2.16. The van der Waals surface area contributed by atoms with Crippen LogP contribution in [-0.2, 0) is 18.3 Å². The summed E-state index contributed by atoms with van der Waals surface area (Å²) in [6.07, 6.45) is 0.505. The van der Waals surface area contributed by atoms with Crippen LogP contribution in [-0.4, -0.2) is 15.6 Å². The lowest BCUT2D eigenvalue weighted by molar-refractivity contribution is -0.116. The van der Waals surface area contributed by atoms with Crippen LogP contribution in [0.15, 0.2) is 0 Å². The maximum absolute atomic E-state index is 10.9. The highest BCUT2D eigenvalue weighted by Gasteiger charge is 2.10. The molecular weight excluding hydrogens is 152 g/mol. The highest BCUT2D eigenvalue weighted by atomic mass is 16.1. The topological polar surface area (TPSA) is 34.9 Å². The van der Waals surface area contributed by atoms with Crippen LogP contribution in [0.1, 0.15) is 23.9 Å². The second kappa shape index (κ2) is 3.09. The van der Waals surface area contributed by atoms with E-state index in [1.165, 1.54) is 0 Å². The van der Waals surface area contributed by atoms with E-state index in [2.05, 4.69) is 5.10 Å². The molecule has 12 heavy (non-hydrogen) atoms. The molecule has 0 radical (unpaired) electrons. The predicted octanol–water partition coefficient (Wildman–Crippen LogP) is 1.17. The Balaban J connectivity index is 3.05. The number of rotatable bonds is 2. The number of aryl methyl sites for hydroxylation is 2. The van der Waals surface area contributed by atoms with E-state index in [1.54, 1.807) is 6.92 Å². The Morgan fingerprint density at radius 1 is 1.50 bits per heavy atom. The minimum Gasteiger partial charge on any atom is -0.300 e. The lowest BCUT2D eigenvalue weighted by atomic mass is 10.1. The standard InChI is InChI=1S/C9H14N2O/c1-6(12)5-9-7(2)10-11(4)8(9)3/h5H2,1-4H3. The van der Waals surface area contributed by atoms with Gasteiger partial charge in [-0.05, 0) is 20.8 Å². The van der Waals surface area contributed by atoms with E-state index in [4.69, 9.17) is 0 Å². The fourth-order valence-corrected chi connectivity index (χ4v) is 1.32. The summed E-state index contributed by atoms with van der Waals surface area (Å²) in [5, 5.41) is 4.23. The van der Waals surface area contributed by atoms with Gasteiger partial charge in [-0.25, -0.2) is 0 Å². The molecule has 0 atom stereocenters. The summed E-state index contributed by atoms with van der Waals surface area (Å²) in [5.74, 6) is 0.189. The van der Waals surface area contributed by atoms with E-state index in [0.717, 1.165) is 17.0 Å². The zero-order valence-corrected chi connectivity index (χ0v) is 8.01. The van der Waals surface area contributed by atoms with Crippen molar-refractivity contribution >= 4 is 5.78 Å². The highest BCUT2D eigenvalue weighted by Crippen LogP contribution is 2.12. The molecule has 0 N–H and O–H groups in total. The van der Waals surface area contributed by atoms with Crippen LogP contribution in [0.25, 0.3) is 0 Å². The molecule has 0 fully saturated rings. The van der Waals surface area contributed by atoms with Crippen LogP contribution in [0, 0.1) is 13.8 Å². The summed E-state index contributed by atoms with van der Waals surface area (Å²) in [5.41, 5.74) is 3.12. The lowest BCUT2D eigenvalue weighted by Crippen LogP contribution is -1.99. The largest absolute Gasteiger partial charge is 0.300 e. The molecule has 0 aromatic carbocycles. The normalized spacial score (nSPS) is 10.3. The van der Waals surface area contributed by atoms with Crippen molar-refractivity contribution in [2.75, 3.05) is 0 Å². The quantitative estimate of drug-likeness (QED) is 0.661. The molecule has 0 spiro atoms. The first-order valence-electron chi connectivity index (χ1n) is 4.01. The fraction of sp³-hybridized carbons (Fsp3) is 0.556. The molecule has 1 aromatic rings. The lowest BCUT2D eigenvalue weighted by Gasteiger charge is -1.97. The van der Waals surface area contributed by atoms with Gasteiger partial charge in [-0.2, -0.15) is 5.10 Å². The second-order valence-electron chi connectivity index (χ2n) is 3.15. The Morgan fingerprint density at radius 2 is 2.08 bits per heavy atom. The van der Waals surface area contributed by atoms with Gasteiger partial charge in [0.25, 0.3) is 0 Å². The summed E-state index contributed by atoms with van der Waals surface area (Å²) < 4.78 is 1.81. The van der Waals surface area contributed by atoms with Crippen molar-refractivity contribution in [3.05, 3.63) is 17.0 Å². The summed E-state index contributed by atoms with van der Waals surface area (Å²) in [4.78, 5) is 10.9. The molecule has 1 rings (SSSR count). The van der Waals surface area contributed by atoms with Gasteiger partial charge in [-0.3, -0.25) is 9.48 Å². The van der Waals surface area contributed by atoms with Gasteiger partial charge in [-0.15, -0.1) is 0 Å². The van der Waals surface area contributed by atoms with Crippen LogP contribution in [0.5, 0.6) is 0 Å². The summed E-state index contributed by atoms with van der Waals surface area (Å²) >= 11 is 0. The molecule has 66 valence electrons. The molecule has 1 aromatic heterocycles. The number of carbonyl (C=O) groups is 1. The Morgan fingerprint density at radius 3 is 2.42 bits per heavy atom. The number of aromatic nitrogens is 2. The van der Waals surface area contributed by atoms with Crippen molar-refractivity contribution in [1.82, 2.24) is 9.78 Å². The summed E-state index contributed by atoms with van der Waals surface area (Å²) in [6, 6.07) is 0. The van der Waals surface area contributed by atoms with Gasteiger partial charge < -0.3 is 0 Å². The van der Waals surface area contributed by atoms with Crippen molar-refractivity contribution in [3.63, 3.8) is 0 Å². The van der Waals surface area contributed by atoms with Crippen LogP contribution >= 0.6 is 0 Å². The Kier molecular flexibility index (Phi) is 2.31. The van der Waals surface area contributed by atoms with Gasteiger partial charge >= 0.3 is 0 Å². The van der Waals surface area contributed by atoms with E-state index in [-0.39, 0.29) is 5.78 Å². The Hall–Kier alpha value is -1.12. The summed E-state index contributed by atoms with van der Waals surface area (Å²) in [7, 11) is 1.89. The summed E-state index contributed by atoms with van der Waals surface area (Å²) in [6.45, 7) is 5.52. The third-order valence-electron chi connectivity index (χ3n) is 2.08. The van der Waals surface area contributed by atoms with Crippen molar-refractivity contribution in [3.8, 4) is 0 Å². The zero-order valence-electron chi connectivity index (χ0n) is 8.01. The third kappa shape index (κ3) is 1.55. The molecular formula is C9H14N2O. The van der Waals surface area contributed by atoms with Gasteiger partial charge in [0.05, 0.1) is 5.69 Å². The molecule has 0 saturated carbocycles. The van der Waals surface area contributed by atoms with Gasteiger partial charge in [0.1, 0.15) is 5.78 Å². The molecule has 0 aliphatic rings. The zero-order chi connectivity index (χ0) is 9.30. The number of nitrogens with zero attached hydrogens (tertiary/aromatic N) is 2. The molecule has 0 aliphatic heterocycles. The van der Waals surface area contributed by atoms with Crippen molar-refractivity contribution in [1.29, 1.82) is 0 Å².